The monoisotopic (exact) mass is 442 g/mol. The largest absolute Gasteiger partial charge is 0.395 e. The lowest BCUT2D eigenvalue weighted by Crippen LogP contribution is -2.55. The predicted octanol–water partition coefficient (Wildman–Crippen LogP) is 4.57. The highest BCUT2D eigenvalue weighted by Crippen LogP contribution is 2.52. The minimum atomic E-state index is -1.82. The minimum absolute atomic E-state index is 0.283. The molecule has 178 valence electrons. The van der Waals surface area contributed by atoms with Crippen molar-refractivity contribution < 1.29 is 20.4 Å². The van der Waals surface area contributed by atoms with Gasteiger partial charge in [0.15, 0.2) is 0 Å². The van der Waals surface area contributed by atoms with Crippen molar-refractivity contribution in [2.45, 2.75) is 77.7 Å². The first-order valence-electron chi connectivity index (χ1n) is 11.7. The molecule has 4 N–H and O–H groups in total. The summed E-state index contributed by atoms with van der Waals surface area (Å²) in [5, 5.41) is 44.3. The molecule has 0 saturated heterocycles. The van der Waals surface area contributed by atoms with E-state index in [1.54, 1.807) is 12.1 Å². The van der Waals surface area contributed by atoms with E-state index in [0.29, 0.717) is 11.1 Å². The standard InChI is InChI=1S/C28H42O4/c1-8-25(4,5)22-15-20(3)16-23(26(6,7)9-2)24(22)28(32,21-13-11-10-12-14-21)27(17-29,18-30)19-31/h10-16,29-32H,8-9,17-19H2,1-7H3. The summed E-state index contributed by atoms with van der Waals surface area (Å²) in [5.41, 5.74) is 0.311. The first kappa shape index (κ1) is 26.5. The topological polar surface area (TPSA) is 80.9 Å². The van der Waals surface area contributed by atoms with Crippen LogP contribution in [0.15, 0.2) is 42.5 Å². The predicted molar refractivity (Wildman–Crippen MR) is 131 cm³/mol. The highest BCUT2D eigenvalue weighted by Gasteiger charge is 2.55. The zero-order chi connectivity index (χ0) is 24.4. The molecule has 0 aromatic heterocycles. The Morgan fingerprint density at radius 2 is 1.12 bits per heavy atom. The van der Waals surface area contributed by atoms with Gasteiger partial charge in [0.25, 0.3) is 0 Å². The van der Waals surface area contributed by atoms with Gasteiger partial charge in [-0.15, -0.1) is 0 Å². The maximum absolute atomic E-state index is 12.8. The summed E-state index contributed by atoms with van der Waals surface area (Å²) in [7, 11) is 0. The summed E-state index contributed by atoms with van der Waals surface area (Å²) in [6.45, 7) is 13.2. The number of hydrogen-bond acceptors (Lipinski definition) is 4. The van der Waals surface area contributed by atoms with Gasteiger partial charge in [-0.1, -0.05) is 89.6 Å². The molecule has 4 heteroatoms. The Bertz CT molecular complexity index is 852. The Labute approximate surface area is 194 Å². The van der Waals surface area contributed by atoms with Crippen LogP contribution in [0.1, 0.15) is 82.2 Å². The lowest BCUT2D eigenvalue weighted by molar-refractivity contribution is -0.137. The number of aryl methyl sites for hydroxylation is 1. The Kier molecular flexibility index (Phi) is 7.99. The fraction of sp³-hybridized carbons (Fsp3) is 0.571. The van der Waals surface area contributed by atoms with Crippen LogP contribution in [0.2, 0.25) is 0 Å². The van der Waals surface area contributed by atoms with Crippen molar-refractivity contribution in [3.63, 3.8) is 0 Å². The van der Waals surface area contributed by atoms with E-state index >= 15 is 0 Å². The van der Waals surface area contributed by atoms with Crippen LogP contribution in [0.5, 0.6) is 0 Å². The molecule has 32 heavy (non-hydrogen) atoms. The van der Waals surface area contributed by atoms with Crippen molar-refractivity contribution in [2.24, 2.45) is 5.41 Å². The Balaban J connectivity index is 3.21. The van der Waals surface area contributed by atoms with E-state index in [9.17, 15) is 20.4 Å². The van der Waals surface area contributed by atoms with Crippen molar-refractivity contribution >= 4 is 0 Å². The van der Waals surface area contributed by atoms with Crippen molar-refractivity contribution in [1.29, 1.82) is 0 Å². The van der Waals surface area contributed by atoms with Crippen LogP contribution in [0.3, 0.4) is 0 Å². The fourth-order valence-corrected chi connectivity index (χ4v) is 4.51. The lowest BCUT2D eigenvalue weighted by Gasteiger charge is -2.49. The molecule has 1 atom stereocenters. The molecule has 2 aromatic carbocycles. The molecule has 0 bridgehead atoms. The molecule has 2 rings (SSSR count). The minimum Gasteiger partial charge on any atom is -0.395 e. The van der Waals surface area contributed by atoms with Gasteiger partial charge in [-0.2, -0.15) is 0 Å². The highest BCUT2D eigenvalue weighted by atomic mass is 16.3. The first-order chi connectivity index (χ1) is 14.9. The van der Waals surface area contributed by atoms with Crippen LogP contribution in [-0.2, 0) is 16.4 Å². The molecule has 0 amide bonds. The summed E-state index contributed by atoms with van der Waals surface area (Å²) in [5.74, 6) is 0. The molecular weight excluding hydrogens is 400 g/mol. The number of rotatable bonds is 10. The molecule has 0 spiro atoms. The van der Waals surface area contributed by atoms with E-state index in [1.165, 1.54) is 0 Å². The number of aliphatic hydroxyl groups is 4. The maximum atomic E-state index is 12.8. The second-order valence-electron chi connectivity index (χ2n) is 10.5. The van der Waals surface area contributed by atoms with Gasteiger partial charge in [0.1, 0.15) is 5.60 Å². The van der Waals surface area contributed by atoms with E-state index in [-0.39, 0.29) is 10.8 Å². The molecular formula is C28H42O4. The molecule has 2 aromatic rings. The van der Waals surface area contributed by atoms with Crippen LogP contribution < -0.4 is 0 Å². The van der Waals surface area contributed by atoms with E-state index in [0.717, 1.165) is 29.5 Å². The molecule has 4 nitrogen and oxygen atoms in total. The Morgan fingerprint density at radius 1 is 0.719 bits per heavy atom. The van der Waals surface area contributed by atoms with E-state index in [4.69, 9.17) is 0 Å². The average molecular weight is 443 g/mol. The van der Waals surface area contributed by atoms with Crippen LogP contribution in [0.4, 0.5) is 0 Å². The van der Waals surface area contributed by atoms with Crippen LogP contribution in [0, 0.1) is 12.3 Å². The van der Waals surface area contributed by atoms with Gasteiger partial charge >= 0.3 is 0 Å². The number of aliphatic hydroxyl groups excluding tert-OH is 3. The molecule has 0 aliphatic carbocycles. The maximum Gasteiger partial charge on any atom is 0.127 e. The second kappa shape index (κ2) is 9.64. The molecule has 0 fully saturated rings. The first-order valence-corrected chi connectivity index (χ1v) is 11.7. The molecule has 0 radical (unpaired) electrons. The molecule has 0 aliphatic heterocycles. The lowest BCUT2D eigenvalue weighted by atomic mass is 9.59. The number of hydrogen-bond donors (Lipinski definition) is 4. The quantitative estimate of drug-likeness (QED) is 0.434. The van der Waals surface area contributed by atoms with Crippen molar-refractivity contribution in [2.75, 3.05) is 19.8 Å². The third kappa shape index (κ3) is 4.26. The van der Waals surface area contributed by atoms with Gasteiger partial charge < -0.3 is 20.4 Å². The third-order valence-corrected chi connectivity index (χ3v) is 7.74. The van der Waals surface area contributed by atoms with Gasteiger partial charge in [-0.3, -0.25) is 0 Å². The van der Waals surface area contributed by atoms with Gasteiger partial charge in [0, 0.05) is 0 Å². The number of benzene rings is 2. The summed E-state index contributed by atoms with van der Waals surface area (Å²) in [4.78, 5) is 0. The fourth-order valence-electron chi connectivity index (χ4n) is 4.51. The van der Waals surface area contributed by atoms with E-state index in [1.807, 2.05) is 18.2 Å². The molecule has 0 aliphatic rings. The van der Waals surface area contributed by atoms with Crippen molar-refractivity contribution in [3.05, 3.63) is 70.3 Å². The van der Waals surface area contributed by atoms with Gasteiger partial charge in [-0.25, -0.2) is 0 Å². The Hall–Kier alpha value is -1.72. The van der Waals surface area contributed by atoms with E-state index in [2.05, 4.69) is 60.6 Å². The van der Waals surface area contributed by atoms with Crippen LogP contribution >= 0.6 is 0 Å². The average Bonchev–Trinajstić information content (AvgIpc) is 2.80. The second-order valence-corrected chi connectivity index (χ2v) is 10.5. The highest BCUT2D eigenvalue weighted by molar-refractivity contribution is 5.54. The molecule has 1 unspecified atom stereocenters. The van der Waals surface area contributed by atoms with Crippen molar-refractivity contribution in [3.8, 4) is 0 Å². The normalized spacial score (nSPS) is 15.0. The smallest absolute Gasteiger partial charge is 0.127 e. The summed E-state index contributed by atoms with van der Waals surface area (Å²) in [6.07, 6.45) is 1.68. The van der Waals surface area contributed by atoms with Gasteiger partial charge in [0.2, 0.25) is 0 Å². The molecule has 0 saturated carbocycles. The van der Waals surface area contributed by atoms with Gasteiger partial charge in [-0.05, 0) is 52.8 Å². The molecule has 0 heterocycles. The zero-order valence-electron chi connectivity index (χ0n) is 20.9. The summed E-state index contributed by atoms with van der Waals surface area (Å²) < 4.78 is 0. The van der Waals surface area contributed by atoms with Gasteiger partial charge in [0.05, 0.1) is 25.2 Å². The van der Waals surface area contributed by atoms with E-state index < -0.39 is 30.8 Å². The third-order valence-electron chi connectivity index (χ3n) is 7.74. The summed E-state index contributed by atoms with van der Waals surface area (Å²) in [6, 6.07) is 13.4. The summed E-state index contributed by atoms with van der Waals surface area (Å²) >= 11 is 0. The SMILES string of the molecule is CCC(C)(C)c1cc(C)cc(C(C)(C)CC)c1C(O)(c1ccccc1)C(CO)(CO)CO. The Morgan fingerprint density at radius 3 is 1.47 bits per heavy atom. The van der Waals surface area contributed by atoms with Crippen molar-refractivity contribution in [1.82, 2.24) is 0 Å². The zero-order valence-corrected chi connectivity index (χ0v) is 20.9. The van der Waals surface area contributed by atoms with Crippen LogP contribution in [0.25, 0.3) is 0 Å². The van der Waals surface area contributed by atoms with Crippen LogP contribution in [-0.4, -0.2) is 40.2 Å².